The van der Waals surface area contributed by atoms with E-state index in [0.717, 1.165) is 32.2 Å². The predicted molar refractivity (Wildman–Crippen MR) is 60.4 cm³/mol. The average molecular weight is 199 g/mol. The second kappa shape index (κ2) is 5.72. The predicted octanol–water partition coefficient (Wildman–Crippen LogP) is 2.46. The summed E-state index contributed by atoms with van der Waals surface area (Å²) in [6.45, 7) is 5.37. The highest BCUT2D eigenvalue weighted by atomic mass is 16.3. The first-order valence-corrected chi connectivity index (χ1v) is 6.08. The lowest BCUT2D eigenvalue weighted by Gasteiger charge is -2.32. The molecule has 1 saturated carbocycles. The van der Waals surface area contributed by atoms with Crippen LogP contribution in [-0.2, 0) is 0 Å². The Morgan fingerprint density at radius 2 is 1.86 bits per heavy atom. The molecule has 0 aromatic rings. The first kappa shape index (κ1) is 12.0. The summed E-state index contributed by atoms with van der Waals surface area (Å²) in [5.41, 5.74) is -0.323. The van der Waals surface area contributed by atoms with Gasteiger partial charge in [0.25, 0.3) is 0 Å². The Labute approximate surface area is 88.1 Å². The molecule has 0 radical (unpaired) electrons. The minimum atomic E-state index is -0.323. The summed E-state index contributed by atoms with van der Waals surface area (Å²) in [6, 6.07) is 0.566. The summed E-state index contributed by atoms with van der Waals surface area (Å²) in [6.07, 6.45) is 7.87. The van der Waals surface area contributed by atoms with Crippen molar-refractivity contribution in [1.82, 2.24) is 5.32 Å². The molecule has 0 atom stereocenters. The van der Waals surface area contributed by atoms with Crippen LogP contribution < -0.4 is 5.32 Å². The smallest absolute Gasteiger partial charge is 0.0648 e. The fourth-order valence-electron chi connectivity index (χ4n) is 2.27. The van der Waals surface area contributed by atoms with Gasteiger partial charge in [-0.2, -0.15) is 0 Å². The molecule has 0 unspecified atom stereocenters. The Morgan fingerprint density at radius 1 is 1.21 bits per heavy atom. The van der Waals surface area contributed by atoms with Crippen LogP contribution in [0.2, 0.25) is 0 Å². The molecule has 2 N–H and O–H groups in total. The summed E-state index contributed by atoms with van der Waals surface area (Å²) < 4.78 is 0. The molecule has 1 aliphatic rings. The molecule has 1 rings (SSSR count). The van der Waals surface area contributed by atoms with Gasteiger partial charge in [0, 0.05) is 6.04 Å². The third kappa shape index (κ3) is 4.43. The molecule has 2 nitrogen and oxygen atoms in total. The van der Waals surface area contributed by atoms with Gasteiger partial charge in [-0.25, -0.2) is 0 Å². The Balaban J connectivity index is 2.09. The van der Waals surface area contributed by atoms with Crippen molar-refractivity contribution in [3.63, 3.8) is 0 Å². The van der Waals surface area contributed by atoms with Crippen molar-refractivity contribution in [1.29, 1.82) is 0 Å². The van der Waals surface area contributed by atoms with Crippen molar-refractivity contribution in [3.8, 4) is 0 Å². The topological polar surface area (TPSA) is 32.3 Å². The number of aliphatic hydroxyl groups is 1. The zero-order valence-corrected chi connectivity index (χ0v) is 9.68. The number of hydrogen-bond donors (Lipinski definition) is 2. The molecule has 0 aliphatic heterocycles. The van der Waals surface area contributed by atoms with E-state index in [9.17, 15) is 5.11 Å². The minimum Gasteiger partial charge on any atom is -0.390 e. The lowest BCUT2D eigenvalue weighted by atomic mass is 9.82. The second-order valence-corrected chi connectivity index (χ2v) is 5.00. The van der Waals surface area contributed by atoms with Gasteiger partial charge in [0.2, 0.25) is 0 Å². The Hall–Kier alpha value is -0.0800. The van der Waals surface area contributed by atoms with Crippen LogP contribution in [0.5, 0.6) is 0 Å². The molecule has 2 heteroatoms. The molecule has 1 aliphatic carbocycles. The fraction of sp³-hybridized carbons (Fsp3) is 1.00. The van der Waals surface area contributed by atoms with Crippen molar-refractivity contribution >= 4 is 0 Å². The molecule has 0 amide bonds. The highest BCUT2D eigenvalue weighted by Gasteiger charge is 2.27. The van der Waals surface area contributed by atoms with E-state index in [1.807, 2.05) is 0 Å². The third-order valence-corrected chi connectivity index (χ3v) is 3.16. The van der Waals surface area contributed by atoms with Crippen molar-refractivity contribution in [2.45, 2.75) is 70.4 Å². The number of nitrogens with one attached hydrogen (secondary N) is 1. The van der Waals surface area contributed by atoms with Crippen LogP contribution in [0.4, 0.5) is 0 Å². The minimum absolute atomic E-state index is 0.323. The zero-order valence-electron chi connectivity index (χ0n) is 9.68. The molecule has 0 aromatic carbocycles. The maximum atomic E-state index is 10.2. The average Bonchev–Trinajstić information content (AvgIpc) is 2.14. The normalized spacial score (nSPS) is 21.4. The van der Waals surface area contributed by atoms with Gasteiger partial charge < -0.3 is 10.4 Å². The molecule has 1 fully saturated rings. The van der Waals surface area contributed by atoms with E-state index in [2.05, 4.69) is 19.2 Å². The van der Waals surface area contributed by atoms with Gasteiger partial charge in [-0.15, -0.1) is 0 Å². The van der Waals surface area contributed by atoms with Crippen LogP contribution in [0.3, 0.4) is 0 Å². The van der Waals surface area contributed by atoms with Crippen molar-refractivity contribution < 1.29 is 5.11 Å². The summed E-state index contributed by atoms with van der Waals surface area (Å²) in [4.78, 5) is 0. The van der Waals surface area contributed by atoms with Gasteiger partial charge in [-0.3, -0.25) is 0 Å². The van der Waals surface area contributed by atoms with Gasteiger partial charge in [-0.05, 0) is 32.2 Å². The highest BCUT2D eigenvalue weighted by molar-refractivity contribution is 4.82. The van der Waals surface area contributed by atoms with E-state index in [1.54, 1.807) is 0 Å². The Morgan fingerprint density at radius 3 is 2.43 bits per heavy atom. The fourth-order valence-corrected chi connectivity index (χ4v) is 2.27. The summed E-state index contributed by atoms with van der Waals surface area (Å²) in [5.74, 6) is 0. The molecule has 0 aromatic heterocycles. The van der Waals surface area contributed by atoms with E-state index in [1.165, 1.54) is 19.3 Å². The van der Waals surface area contributed by atoms with E-state index in [4.69, 9.17) is 0 Å². The highest BCUT2D eigenvalue weighted by Crippen LogP contribution is 2.31. The van der Waals surface area contributed by atoms with Gasteiger partial charge in [0.1, 0.15) is 0 Å². The van der Waals surface area contributed by atoms with Crippen LogP contribution in [0, 0.1) is 0 Å². The quantitative estimate of drug-likeness (QED) is 0.667. The largest absolute Gasteiger partial charge is 0.390 e. The monoisotopic (exact) mass is 199 g/mol. The number of rotatable bonds is 5. The summed E-state index contributed by atoms with van der Waals surface area (Å²) in [7, 11) is 0. The van der Waals surface area contributed by atoms with Gasteiger partial charge in [0.15, 0.2) is 0 Å². The molecule has 0 bridgehead atoms. The standard InChI is InChI=1S/C12H25NO/c1-11(2)13-10-6-9-12(14)7-4-3-5-8-12/h11,13-14H,3-10H2,1-2H3. The molecule has 0 heterocycles. The molecular weight excluding hydrogens is 174 g/mol. The number of hydrogen-bond acceptors (Lipinski definition) is 2. The van der Waals surface area contributed by atoms with E-state index < -0.39 is 0 Å². The van der Waals surface area contributed by atoms with Crippen molar-refractivity contribution in [3.05, 3.63) is 0 Å². The maximum absolute atomic E-state index is 10.2. The van der Waals surface area contributed by atoms with E-state index >= 15 is 0 Å². The van der Waals surface area contributed by atoms with Gasteiger partial charge >= 0.3 is 0 Å². The van der Waals surface area contributed by atoms with E-state index in [0.29, 0.717) is 6.04 Å². The van der Waals surface area contributed by atoms with Crippen LogP contribution in [0.1, 0.15) is 58.8 Å². The molecular formula is C12H25NO. The van der Waals surface area contributed by atoms with Crippen LogP contribution >= 0.6 is 0 Å². The SMILES string of the molecule is CC(C)NCCCC1(O)CCCCC1. The van der Waals surface area contributed by atoms with Crippen LogP contribution in [0.25, 0.3) is 0 Å². The molecule has 84 valence electrons. The third-order valence-electron chi connectivity index (χ3n) is 3.16. The molecule has 0 spiro atoms. The van der Waals surface area contributed by atoms with Crippen molar-refractivity contribution in [2.75, 3.05) is 6.54 Å². The Bertz CT molecular complexity index is 150. The maximum Gasteiger partial charge on any atom is 0.0648 e. The lowest BCUT2D eigenvalue weighted by Crippen LogP contribution is -2.33. The van der Waals surface area contributed by atoms with Gasteiger partial charge in [0.05, 0.1) is 5.60 Å². The van der Waals surface area contributed by atoms with Crippen molar-refractivity contribution in [2.24, 2.45) is 0 Å². The van der Waals surface area contributed by atoms with Crippen LogP contribution in [-0.4, -0.2) is 23.3 Å². The first-order valence-electron chi connectivity index (χ1n) is 6.08. The molecule has 14 heavy (non-hydrogen) atoms. The molecule has 0 saturated heterocycles. The van der Waals surface area contributed by atoms with Crippen LogP contribution in [0.15, 0.2) is 0 Å². The zero-order chi connectivity index (χ0) is 10.4. The van der Waals surface area contributed by atoms with E-state index in [-0.39, 0.29) is 5.60 Å². The lowest BCUT2D eigenvalue weighted by molar-refractivity contribution is -0.00533. The summed E-state index contributed by atoms with van der Waals surface area (Å²) >= 11 is 0. The Kier molecular flexibility index (Phi) is 4.90. The van der Waals surface area contributed by atoms with Gasteiger partial charge in [-0.1, -0.05) is 33.1 Å². The second-order valence-electron chi connectivity index (χ2n) is 5.00. The summed E-state index contributed by atoms with van der Waals surface area (Å²) in [5, 5.41) is 13.6. The first-order chi connectivity index (χ1) is 6.62.